The molecule has 0 fully saturated rings. The van der Waals surface area contributed by atoms with E-state index in [2.05, 4.69) is 0 Å². The first kappa shape index (κ1) is 13.9. The largest absolute Gasteiger partial charge is 0.481 e. The van der Waals surface area contributed by atoms with Gasteiger partial charge in [-0.05, 0) is 0 Å². The minimum absolute atomic E-state index is 0.452. The van der Waals surface area contributed by atoms with Gasteiger partial charge in [0.25, 0.3) is 5.69 Å². The first-order chi connectivity index (χ1) is 8.22. The van der Waals surface area contributed by atoms with Gasteiger partial charge in [-0.1, -0.05) is 18.2 Å². The van der Waals surface area contributed by atoms with Crippen LogP contribution in [0.15, 0.2) is 24.3 Å². The number of alkyl halides is 3. The molecule has 0 aromatic heterocycles. The molecule has 1 aromatic carbocycles. The highest BCUT2D eigenvalue weighted by molar-refractivity contribution is 5.78. The highest BCUT2D eigenvalue weighted by atomic mass is 19.4. The Kier molecular flexibility index (Phi) is 3.89. The second-order valence-corrected chi connectivity index (χ2v) is 3.53. The van der Waals surface area contributed by atoms with Crippen LogP contribution in [0.2, 0.25) is 0 Å². The number of rotatable bonds is 4. The lowest BCUT2D eigenvalue weighted by molar-refractivity contribution is -0.385. The fourth-order valence-corrected chi connectivity index (χ4v) is 1.51. The zero-order chi connectivity index (χ0) is 13.9. The van der Waals surface area contributed by atoms with Gasteiger partial charge in [-0.2, -0.15) is 13.2 Å². The van der Waals surface area contributed by atoms with Crippen molar-refractivity contribution >= 4 is 11.7 Å². The van der Waals surface area contributed by atoms with Crippen molar-refractivity contribution in [3.63, 3.8) is 0 Å². The van der Waals surface area contributed by atoms with Crippen LogP contribution >= 0.6 is 0 Å². The number of carbonyl (C=O) groups is 1. The number of hydrogen-bond acceptors (Lipinski definition) is 3. The second kappa shape index (κ2) is 5.03. The van der Waals surface area contributed by atoms with E-state index in [4.69, 9.17) is 5.11 Å². The maximum Gasteiger partial charge on any atom is 0.390 e. The monoisotopic (exact) mass is 263 g/mol. The summed E-state index contributed by atoms with van der Waals surface area (Å²) in [5.41, 5.74) is -1.08. The van der Waals surface area contributed by atoms with Crippen LogP contribution in [0.5, 0.6) is 0 Å². The van der Waals surface area contributed by atoms with Crippen molar-refractivity contribution in [1.82, 2.24) is 0 Å². The summed E-state index contributed by atoms with van der Waals surface area (Å²) < 4.78 is 36.8. The second-order valence-electron chi connectivity index (χ2n) is 3.53. The third-order valence-corrected chi connectivity index (χ3v) is 2.24. The van der Waals surface area contributed by atoms with E-state index >= 15 is 0 Å². The number of carboxylic acids is 1. The lowest BCUT2D eigenvalue weighted by atomic mass is 9.94. The number of hydrogen-bond donors (Lipinski definition) is 1. The molecule has 0 saturated carbocycles. The van der Waals surface area contributed by atoms with E-state index in [-0.39, 0.29) is 0 Å². The molecule has 0 bridgehead atoms. The third-order valence-electron chi connectivity index (χ3n) is 2.24. The van der Waals surface area contributed by atoms with Gasteiger partial charge in [-0.3, -0.25) is 14.9 Å². The van der Waals surface area contributed by atoms with Crippen LogP contribution in [0.3, 0.4) is 0 Å². The van der Waals surface area contributed by atoms with Crippen molar-refractivity contribution in [3.05, 3.63) is 39.9 Å². The summed E-state index contributed by atoms with van der Waals surface area (Å²) in [6.07, 6.45) is -6.36. The van der Waals surface area contributed by atoms with Crippen molar-refractivity contribution in [2.45, 2.75) is 18.5 Å². The molecule has 0 radical (unpaired) electrons. The number of benzene rings is 1. The number of para-hydroxylation sites is 1. The van der Waals surface area contributed by atoms with Gasteiger partial charge in [0.2, 0.25) is 0 Å². The van der Waals surface area contributed by atoms with E-state index in [0.717, 1.165) is 12.1 Å². The van der Waals surface area contributed by atoms with Gasteiger partial charge in [-0.25, -0.2) is 0 Å². The molecule has 5 nitrogen and oxygen atoms in total. The Morgan fingerprint density at radius 2 is 1.94 bits per heavy atom. The van der Waals surface area contributed by atoms with Crippen molar-refractivity contribution in [2.24, 2.45) is 0 Å². The Labute approximate surface area is 99.0 Å². The summed E-state index contributed by atoms with van der Waals surface area (Å²) in [6.45, 7) is 0. The van der Waals surface area contributed by atoms with Crippen LogP contribution in [0, 0.1) is 10.1 Å². The number of nitro benzene ring substituents is 1. The van der Waals surface area contributed by atoms with Crippen LogP contribution in [-0.4, -0.2) is 22.2 Å². The molecule has 0 aliphatic heterocycles. The maximum atomic E-state index is 12.3. The minimum atomic E-state index is -4.72. The molecule has 0 amide bonds. The number of nitrogens with zero attached hydrogens (tertiary/aromatic N) is 1. The predicted octanol–water partition coefficient (Wildman–Crippen LogP) is 2.72. The van der Waals surface area contributed by atoms with E-state index in [1.165, 1.54) is 12.1 Å². The lowest BCUT2D eigenvalue weighted by Gasteiger charge is -2.14. The van der Waals surface area contributed by atoms with Gasteiger partial charge in [0.1, 0.15) is 0 Å². The van der Waals surface area contributed by atoms with Crippen molar-refractivity contribution in [1.29, 1.82) is 0 Å². The summed E-state index contributed by atoms with van der Waals surface area (Å²) in [5.74, 6) is -3.73. The molecule has 1 N–H and O–H groups in total. The molecule has 1 aromatic rings. The summed E-state index contributed by atoms with van der Waals surface area (Å²) >= 11 is 0. The Hall–Kier alpha value is -2.12. The van der Waals surface area contributed by atoms with Gasteiger partial charge >= 0.3 is 12.1 Å². The highest BCUT2D eigenvalue weighted by Crippen LogP contribution is 2.35. The van der Waals surface area contributed by atoms with Crippen molar-refractivity contribution in [2.75, 3.05) is 0 Å². The van der Waals surface area contributed by atoms with Crippen LogP contribution in [0.1, 0.15) is 17.9 Å². The molecular weight excluding hydrogens is 255 g/mol. The number of aliphatic carboxylic acids is 1. The molecule has 98 valence electrons. The molecule has 0 unspecified atom stereocenters. The molecule has 1 rings (SSSR count). The molecule has 0 heterocycles. The van der Waals surface area contributed by atoms with Crippen molar-refractivity contribution in [3.8, 4) is 0 Å². The van der Waals surface area contributed by atoms with Crippen LogP contribution in [0.25, 0.3) is 0 Å². The molecular formula is C10H8F3NO4. The average molecular weight is 263 g/mol. The van der Waals surface area contributed by atoms with Gasteiger partial charge in [-0.15, -0.1) is 0 Å². The first-order valence-electron chi connectivity index (χ1n) is 4.75. The van der Waals surface area contributed by atoms with Crippen LogP contribution in [0.4, 0.5) is 18.9 Å². The fraction of sp³-hybridized carbons (Fsp3) is 0.300. The molecule has 0 spiro atoms. The lowest BCUT2D eigenvalue weighted by Crippen LogP contribution is -2.21. The molecule has 8 heteroatoms. The van der Waals surface area contributed by atoms with E-state index < -0.39 is 40.7 Å². The SMILES string of the molecule is O=C(O)[C@H](CC(F)(F)F)c1ccccc1[N+](=O)[O-]. The van der Waals surface area contributed by atoms with Crippen LogP contribution in [-0.2, 0) is 4.79 Å². The zero-order valence-electron chi connectivity index (χ0n) is 8.85. The van der Waals surface area contributed by atoms with E-state index in [0.29, 0.717) is 0 Å². The molecule has 0 aliphatic rings. The summed E-state index contributed by atoms with van der Waals surface area (Å²) in [5, 5.41) is 19.4. The average Bonchev–Trinajstić information content (AvgIpc) is 2.24. The molecule has 0 aliphatic carbocycles. The standard InChI is InChI=1S/C10H8F3NO4/c11-10(12,13)5-7(9(15)16)6-3-1-2-4-8(6)14(17)18/h1-4,7H,5H2,(H,15,16)/t7-/m1/s1. The maximum absolute atomic E-state index is 12.3. The quantitative estimate of drug-likeness (QED) is 0.669. The third kappa shape index (κ3) is 3.44. The minimum Gasteiger partial charge on any atom is -0.481 e. The topological polar surface area (TPSA) is 80.4 Å². The fourth-order valence-electron chi connectivity index (χ4n) is 1.51. The van der Waals surface area contributed by atoms with Gasteiger partial charge in [0.15, 0.2) is 0 Å². The predicted molar refractivity (Wildman–Crippen MR) is 54.1 cm³/mol. The van der Waals surface area contributed by atoms with Gasteiger partial charge in [0, 0.05) is 11.6 Å². The number of halogens is 3. The Morgan fingerprint density at radius 3 is 2.39 bits per heavy atom. The number of carboxylic acid groups (broad SMARTS) is 1. The summed E-state index contributed by atoms with van der Waals surface area (Å²) in [7, 11) is 0. The first-order valence-corrected chi connectivity index (χ1v) is 4.75. The molecule has 18 heavy (non-hydrogen) atoms. The van der Waals surface area contributed by atoms with Crippen LogP contribution < -0.4 is 0 Å². The van der Waals surface area contributed by atoms with E-state index in [1.807, 2.05) is 0 Å². The zero-order valence-corrected chi connectivity index (χ0v) is 8.85. The van der Waals surface area contributed by atoms with Crippen molar-refractivity contribution < 1.29 is 28.0 Å². The Bertz CT molecular complexity index is 472. The normalized spacial score (nSPS) is 13.1. The van der Waals surface area contributed by atoms with Gasteiger partial charge < -0.3 is 5.11 Å². The Morgan fingerprint density at radius 1 is 1.39 bits per heavy atom. The summed E-state index contributed by atoms with van der Waals surface area (Å²) in [4.78, 5) is 20.6. The Balaban J connectivity index is 3.22. The number of nitro groups is 1. The van der Waals surface area contributed by atoms with E-state index in [9.17, 15) is 28.1 Å². The summed E-state index contributed by atoms with van der Waals surface area (Å²) in [6, 6.07) is 4.51. The van der Waals surface area contributed by atoms with Gasteiger partial charge in [0.05, 0.1) is 17.3 Å². The molecule has 1 atom stereocenters. The smallest absolute Gasteiger partial charge is 0.390 e. The molecule has 0 saturated heterocycles. The van der Waals surface area contributed by atoms with E-state index in [1.54, 1.807) is 0 Å². The highest BCUT2D eigenvalue weighted by Gasteiger charge is 2.38.